The number of pyridine rings is 1. The second-order valence-electron chi connectivity index (χ2n) is 7.06. The highest BCUT2D eigenvalue weighted by Gasteiger charge is 2.37. The van der Waals surface area contributed by atoms with Crippen molar-refractivity contribution in [3.8, 4) is 0 Å². The smallest absolute Gasteiger partial charge is 0.319 e. The van der Waals surface area contributed by atoms with E-state index in [1.807, 2.05) is 4.90 Å². The summed E-state index contributed by atoms with van der Waals surface area (Å²) in [6, 6.07) is 4.98. The van der Waals surface area contributed by atoms with Gasteiger partial charge >= 0.3 is 6.01 Å². The Morgan fingerprint density at radius 1 is 1.26 bits per heavy atom. The summed E-state index contributed by atoms with van der Waals surface area (Å²) in [5.41, 5.74) is 3.03. The lowest BCUT2D eigenvalue weighted by Crippen LogP contribution is -2.36. The van der Waals surface area contributed by atoms with Gasteiger partial charge in [-0.3, -0.25) is 0 Å². The van der Waals surface area contributed by atoms with E-state index < -0.39 is 0 Å². The van der Waals surface area contributed by atoms with Crippen molar-refractivity contribution in [3.63, 3.8) is 0 Å². The number of hydrogen-bond donors (Lipinski definition) is 1. The summed E-state index contributed by atoms with van der Waals surface area (Å²) in [6.07, 6.45) is 6.40. The molecule has 9 heteroatoms. The molecular weight excluding hydrogens is 349 g/mol. The highest BCUT2D eigenvalue weighted by molar-refractivity contribution is 5.53. The number of nitrogens with zero attached hydrogens (tertiary/aromatic N) is 6. The van der Waals surface area contributed by atoms with Crippen molar-refractivity contribution in [3.05, 3.63) is 59.5 Å². The molecule has 0 amide bonds. The quantitative estimate of drug-likeness (QED) is 0.600. The van der Waals surface area contributed by atoms with Gasteiger partial charge in [-0.15, -0.1) is 5.10 Å². The second kappa shape index (κ2) is 5.38. The molecule has 136 valence electrons. The normalized spacial score (nSPS) is 19.6. The number of aromatic amines is 1. The first-order valence-corrected chi connectivity index (χ1v) is 9.04. The van der Waals surface area contributed by atoms with Crippen molar-refractivity contribution in [2.45, 2.75) is 31.2 Å². The minimum absolute atomic E-state index is 0.310. The molecule has 2 aliphatic rings. The van der Waals surface area contributed by atoms with Crippen LogP contribution < -0.4 is 4.90 Å². The van der Waals surface area contributed by atoms with Gasteiger partial charge < -0.3 is 14.3 Å². The minimum atomic E-state index is -0.313. The summed E-state index contributed by atoms with van der Waals surface area (Å²) >= 11 is 0. The summed E-state index contributed by atoms with van der Waals surface area (Å²) < 4.78 is 21.7. The van der Waals surface area contributed by atoms with Gasteiger partial charge in [-0.05, 0) is 31.0 Å². The number of imidazole rings is 1. The molecule has 27 heavy (non-hydrogen) atoms. The summed E-state index contributed by atoms with van der Waals surface area (Å²) in [5.74, 6) is 0.770. The van der Waals surface area contributed by atoms with E-state index in [4.69, 9.17) is 4.42 Å². The molecule has 0 radical (unpaired) electrons. The monoisotopic (exact) mass is 365 g/mol. The van der Waals surface area contributed by atoms with Crippen LogP contribution in [-0.2, 0) is 6.42 Å². The first-order valence-electron chi connectivity index (χ1n) is 9.04. The Kier molecular flexibility index (Phi) is 2.97. The molecule has 0 bridgehead atoms. The number of aromatic nitrogens is 6. The van der Waals surface area contributed by atoms with Gasteiger partial charge in [0.2, 0.25) is 5.89 Å². The molecule has 8 nitrogen and oxygen atoms in total. The summed E-state index contributed by atoms with van der Waals surface area (Å²) in [4.78, 5) is 9.72. The average Bonchev–Trinajstić information content (AvgIpc) is 3.11. The zero-order chi connectivity index (χ0) is 18.0. The Morgan fingerprint density at radius 3 is 3.04 bits per heavy atom. The van der Waals surface area contributed by atoms with E-state index in [0.717, 1.165) is 30.7 Å². The molecule has 1 aliphatic carbocycles. The molecule has 1 aliphatic heterocycles. The first kappa shape index (κ1) is 14.9. The van der Waals surface area contributed by atoms with Gasteiger partial charge in [0.15, 0.2) is 0 Å². The van der Waals surface area contributed by atoms with Crippen LogP contribution in [0.25, 0.3) is 5.52 Å². The summed E-state index contributed by atoms with van der Waals surface area (Å²) in [6.45, 7) is 0.683. The maximum atomic E-state index is 14.2. The summed E-state index contributed by atoms with van der Waals surface area (Å²) in [7, 11) is 0. The maximum absolute atomic E-state index is 14.2. The van der Waals surface area contributed by atoms with Gasteiger partial charge in [-0.25, -0.2) is 13.9 Å². The van der Waals surface area contributed by atoms with Crippen LogP contribution in [-0.4, -0.2) is 36.3 Å². The van der Waals surface area contributed by atoms with Crippen LogP contribution in [0.1, 0.15) is 47.8 Å². The standard InChI is InChI=1S/C18H16FN7O/c19-11-2-1-6-26-14(11)8-13(24-26)16-15-12(20-9-21-15)5-7-25(16)18-23-22-17(27-18)10-3-4-10/h1-2,6,8-10,16H,3-5,7H2,(H,20,21)/t16-/m0/s1. The van der Waals surface area contributed by atoms with E-state index in [1.165, 1.54) is 6.07 Å². The third-order valence-corrected chi connectivity index (χ3v) is 5.28. The van der Waals surface area contributed by atoms with Gasteiger partial charge in [0.1, 0.15) is 17.4 Å². The fourth-order valence-electron chi connectivity index (χ4n) is 3.75. The van der Waals surface area contributed by atoms with E-state index in [9.17, 15) is 4.39 Å². The number of nitrogens with one attached hydrogen (secondary N) is 1. The van der Waals surface area contributed by atoms with Crippen LogP contribution in [0, 0.1) is 5.82 Å². The van der Waals surface area contributed by atoms with Crippen LogP contribution in [0.3, 0.4) is 0 Å². The van der Waals surface area contributed by atoms with Crippen LogP contribution >= 0.6 is 0 Å². The topological polar surface area (TPSA) is 88.1 Å². The Balaban J connectivity index is 1.49. The van der Waals surface area contributed by atoms with Crippen molar-refractivity contribution in [1.29, 1.82) is 0 Å². The third-order valence-electron chi connectivity index (χ3n) is 5.28. The largest absolute Gasteiger partial charge is 0.408 e. The SMILES string of the molecule is Fc1cccn2nc([C@H]3c4nc[nH]c4CCN3c3nnc(C4CC4)o3)cc12. The highest BCUT2D eigenvalue weighted by Crippen LogP contribution is 2.42. The molecule has 0 aromatic carbocycles. The van der Waals surface area contributed by atoms with Crippen molar-refractivity contribution in [2.24, 2.45) is 0 Å². The van der Waals surface area contributed by atoms with Gasteiger partial charge in [-0.2, -0.15) is 5.10 Å². The molecule has 0 spiro atoms. The zero-order valence-corrected chi connectivity index (χ0v) is 14.3. The number of H-pyrrole nitrogens is 1. The Bertz CT molecular complexity index is 1140. The number of halogens is 1. The van der Waals surface area contributed by atoms with Gasteiger partial charge in [0, 0.05) is 30.8 Å². The molecule has 6 rings (SSSR count). The van der Waals surface area contributed by atoms with E-state index in [2.05, 4.69) is 25.3 Å². The molecule has 1 saturated carbocycles. The van der Waals surface area contributed by atoms with Gasteiger partial charge in [0.25, 0.3) is 0 Å². The number of hydrogen-bond acceptors (Lipinski definition) is 6. The van der Waals surface area contributed by atoms with Crippen LogP contribution in [0.5, 0.6) is 0 Å². The molecule has 4 aromatic heterocycles. The minimum Gasteiger partial charge on any atom is -0.408 e. The molecule has 0 saturated heterocycles. The Hall–Kier alpha value is -3.23. The lowest BCUT2D eigenvalue weighted by atomic mass is 10.0. The first-order chi connectivity index (χ1) is 13.3. The van der Waals surface area contributed by atoms with Crippen molar-refractivity contribution in [1.82, 2.24) is 29.8 Å². The predicted molar refractivity (Wildman–Crippen MR) is 92.9 cm³/mol. The van der Waals surface area contributed by atoms with Crippen molar-refractivity contribution < 1.29 is 8.81 Å². The molecule has 5 heterocycles. The zero-order valence-electron chi connectivity index (χ0n) is 14.3. The van der Waals surface area contributed by atoms with Crippen molar-refractivity contribution >= 4 is 11.5 Å². The molecule has 0 unspecified atom stereocenters. The maximum Gasteiger partial charge on any atom is 0.319 e. The van der Waals surface area contributed by atoms with Gasteiger partial charge in [-0.1, -0.05) is 5.10 Å². The molecule has 1 fully saturated rings. The van der Waals surface area contributed by atoms with E-state index in [1.54, 1.807) is 29.2 Å². The average molecular weight is 365 g/mol. The fourth-order valence-corrected chi connectivity index (χ4v) is 3.75. The van der Waals surface area contributed by atoms with E-state index in [0.29, 0.717) is 35.6 Å². The molecule has 1 atom stereocenters. The number of rotatable bonds is 3. The second-order valence-corrected chi connectivity index (χ2v) is 7.06. The Morgan fingerprint density at radius 2 is 2.19 bits per heavy atom. The highest BCUT2D eigenvalue weighted by atomic mass is 19.1. The lowest BCUT2D eigenvalue weighted by Gasteiger charge is -2.32. The fraction of sp³-hybridized carbons (Fsp3) is 0.333. The van der Waals surface area contributed by atoms with Gasteiger partial charge in [0.05, 0.1) is 17.7 Å². The van der Waals surface area contributed by atoms with Crippen LogP contribution in [0.15, 0.2) is 35.1 Å². The van der Waals surface area contributed by atoms with Crippen LogP contribution in [0.2, 0.25) is 0 Å². The number of fused-ring (bicyclic) bond motifs is 2. The summed E-state index contributed by atoms with van der Waals surface area (Å²) in [5, 5.41) is 13.1. The predicted octanol–water partition coefficient (Wildman–Crippen LogP) is 2.61. The van der Waals surface area contributed by atoms with E-state index >= 15 is 0 Å². The molecule has 4 aromatic rings. The molecule has 1 N–H and O–H groups in total. The third kappa shape index (κ3) is 2.27. The molecular formula is C18H16FN7O. The van der Waals surface area contributed by atoms with Crippen molar-refractivity contribution in [2.75, 3.05) is 11.4 Å². The van der Waals surface area contributed by atoms with E-state index in [-0.39, 0.29) is 11.9 Å². The van der Waals surface area contributed by atoms with Crippen LogP contribution in [0.4, 0.5) is 10.4 Å². The lowest BCUT2D eigenvalue weighted by molar-refractivity contribution is 0.463. The Labute approximate surface area is 153 Å². The number of anilines is 1.